The lowest BCUT2D eigenvalue weighted by molar-refractivity contribution is -0.123. The Kier molecular flexibility index (Phi) is 7.82. The summed E-state index contributed by atoms with van der Waals surface area (Å²) in [4.78, 5) is 26.2. The van der Waals surface area contributed by atoms with Crippen LogP contribution in [0.1, 0.15) is 18.1 Å². The molecule has 0 radical (unpaired) electrons. The number of rotatable bonds is 9. The van der Waals surface area contributed by atoms with Crippen LogP contribution in [0.25, 0.3) is 0 Å². The summed E-state index contributed by atoms with van der Waals surface area (Å²) >= 11 is 0. The molecule has 0 fully saturated rings. The van der Waals surface area contributed by atoms with Gasteiger partial charge >= 0.3 is 0 Å². The van der Waals surface area contributed by atoms with Crippen molar-refractivity contribution in [2.24, 2.45) is 0 Å². The van der Waals surface area contributed by atoms with Crippen molar-refractivity contribution < 1.29 is 14.3 Å². The minimum Gasteiger partial charge on any atom is -0.497 e. The first kappa shape index (κ1) is 20.5. The van der Waals surface area contributed by atoms with Crippen molar-refractivity contribution in [1.82, 2.24) is 10.2 Å². The Balaban J connectivity index is 1.80. The molecule has 0 saturated heterocycles. The fraction of sp³-hybridized carbons (Fsp3) is 0.333. The van der Waals surface area contributed by atoms with Gasteiger partial charge in [-0.25, -0.2) is 0 Å². The highest BCUT2D eigenvalue weighted by atomic mass is 16.5. The first-order valence-electron chi connectivity index (χ1n) is 8.99. The third kappa shape index (κ3) is 6.75. The van der Waals surface area contributed by atoms with Crippen LogP contribution < -0.4 is 15.4 Å². The smallest absolute Gasteiger partial charge is 0.238 e. The topological polar surface area (TPSA) is 70.7 Å². The number of hydrogen-bond donors (Lipinski definition) is 2. The SMILES string of the molecule is CCN(CC(=O)NCc1ccccc1C)CC(=O)Nc1ccc(OC)cc1. The molecule has 144 valence electrons. The lowest BCUT2D eigenvalue weighted by Gasteiger charge is -2.19. The second kappa shape index (κ2) is 10.3. The van der Waals surface area contributed by atoms with Gasteiger partial charge in [-0.3, -0.25) is 14.5 Å². The quantitative estimate of drug-likeness (QED) is 0.713. The summed E-state index contributed by atoms with van der Waals surface area (Å²) in [5, 5.41) is 5.74. The number of benzene rings is 2. The Bertz CT molecular complexity index is 760. The fourth-order valence-corrected chi connectivity index (χ4v) is 2.62. The molecule has 0 aliphatic carbocycles. The molecule has 6 nitrogen and oxygen atoms in total. The largest absolute Gasteiger partial charge is 0.497 e. The van der Waals surface area contributed by atoms with Crippen molar-refractivity contribution in [3.63, 3.8) is 0 Å². The zero-order valence-corrected chi connectivity index (χ0v) is 16.1. The van der Waals surface area contributed by atoms with Crippen LogP contribution in [0.15, 0.2) is 48.5 Å². The first-order valence-corrected chi connectivity index (χ1v) is 8.99. The average molecular weight is 369 g/mol. The number of nitrogens with one attached hydrogen (secondary N) is 2. The van der Waals surface area contributed by atoms with Gasteiger partial charge in [0.15, 0.2) is 0 Å². The molecular weight excluding hydrogens is 342 g/mol. The predicted molar refractivity (Wildman–Crippen MR) is 107 cm³/mol. The van der Waals surface area contributed by atoms with E-state index in [1.807, 2.05) is 38.1 Å². The second-order valence-corrected chi connectivity index (χ2v) is 6.28. The van der Waals surface area contributed by atoms with Crippen LogP contribution in [-0.4, -0.2) is 43.5 Å². The van der Waals surface area contributed by atoms with Gasteiger partial charge in [0.05, 0.1) is 20.2 Å². The molecule has 0 bridgehead atoms. The molecule has 0 spiro atoms. The summed E-state index contributed by atoms with van der Waals surface area (Å²) in [5.41, 5.74) is 2.93. The third-order valence-corrected chi connectivity index (χ3v) is 4.29. The molecule has 0 heterocycles. The third-order valence-electron chi connectivity index (χ3n) is 4.29. The van der Waals surface area contributed by atoms with E-state index in [9.17, 15) is 9.59 Å². The number of hydrogen-bond acceptors (Lipinski definition) is 4. The van der Waals surface area contributed by atoms with Gasteiger partial charge in [-0.05, 0) is 48.9 Å². The minimum atomic E-state index is -0.159. The average Bonchev–Trinajstić information content (AvgIpc) is 2.67. The number of amides is 2. The van der Waals surface area contributed by atoms with E-state index in [-0.39, 0.29) is 24.9 Å². The standard InChI is InChI=1S/C21H27N3O3/c1-4-24(14-20(25)22-13-17-8-6-5-7-16(17)2)15-21(26)23-18-9-11-19(27-3)12-10-18/h5-12H,4,13-15H2,1-3H3,(H,22,25)(H,23,26). The normalized spacial score (nSPS) is 10.5. The molecule has 0 unspecified atom stereocenters. The molecule has 2 aromatic carbocycles. The zero-order valence-electron chi connectivity index (χ0n) is 16.1. The van der Waals surface area contributed by atoms with Gasteiger partial charge in [0.25, 0.3) is 0 Å². The molecule has 0 atom stereocenters. The summed E-state index contributed by atoms with van der Waals surface area (Å²) in [6, 6.07) is 15.1. The molecule has 0 saturated carbocycles. The molecule has 2 rings (SSSR count). The van der Waals surface area contributed by atoms with E-state index < -0.39 is 0 Å². The van der Waals surface area contributed by atoms with Gasteiger partial charge < -0.3 is 15.4 Å². The second-order valence-electron chi connectivity index (χ2n) is 6.28. The number of methoxy groups -OCH3 is 1. The van der Waals surface area contributed by atoms with Crippen LogP contribution in [0, 0.1) is 6.92 Å². The van der Waals surface area contributed by atoms with Crippen LogP contribution in [0.3, 0.4) is 0 Å². The van der Waals surface area contributed by atoms with Crippen molar-refractivity contribution in [3.05, 3.63) is 59.7 Å². The van der Waals surface area contributed by atoms with Gasteiger partial charge in [-0.15, -0.1) is 0 Å². The number of carbonyl (C=O) groups excluding carboxylic acids is 2. The Morgan fingerprint density at radius 2 is 1.67 bits per heavy atom. The van der Waals surface area contributed by atoms with Gasteiger partial charge in [-0.1, -0.05) is 31.2 Å². The van der Waals surface area contributed by atoms with Crippen LogP contribution in [0.4, 0.5) is 5.69 Å². The number of aryl methyl sites for hydroxylation is 1. The van der Waals surface area contributed by atoms with E-state index in [0.29, 0.717) is 18.8 Å². The molecule has 27 heavy (non-hydrogen) atoms. The lowest BCUT2D eigenvalue weighted by Crippen LogP contribution is -2.40. The fourth-order valence-electron chi connectivity index (χ4n) is 2.62. The van der Waals surface area contributed by atoms with E-state index in [4.69, 9.17) is 4.74 Å². The maximum atomic E-state index is 12.2. The Labute approximate surface area is 160 Å². The predicted octanol–water partition coefficient (Wildman–Crippen LogP) is 2.58. The summed E-state index contributed by atoms with van der Waals surface area (Å²) in [7, 11) is 1.59. The molecule has 0 aromatic heterocycles. The molecule has 6 heteroatoms. The van der Waals surface area contributed by atoms with Gasteiger partial charge in [0.1, 0.15) is 5.75 Å². The van der Waals surface area contributed by atoms with Crippen molar-refractivity contribution in [2.45, 2.75) is 20.4 Å². The molecule has 2 aromatic rings. The number of carbonyl (C=O) groups is 2. The molecule has 2 N–H and O–H groups in total. The van der Waals surface area contributed by atoms with Crippen molar-refractivity contribution in [3.8, 4) is 5.75 Å². The summed E-state index contributed by atoms with van der Waals surface area (Å²) in [6.07, 6.45) is 0. The summed E-state index contributed by atoms with van der Waals surface area (Å²) < 4.78 is 5.10. The Hall–Kier alpha value is -2.86. The van der Waals surface area contributed by atoms with E-state index in [1.54, 1.807) is 36.3 Å². The van der Waals surface area contributed by atoms with Crippen LogP contribution in [0.2, 0.25) is 0 Å². The summed E-state index contributed by atoms with van der Waals surface area (Å²) in [5.74, 6) is 0.472. The Morgan fingerprint density at radius 3 is 2.30 bits per heavy atom. The van der Waals surface area contributed by atoms with E-state index in [1.165, 1.54) is 0 Å². The number of likely N-dealkylation sites (N-methyl/N-ethyl adjacent to an activating group) is 1. The van der Waals surface area contributed by atoms with Crippen molar-refractivity contribution in [2.75, 3.05) is 32.1 Å². The highest BCUT2D eigenvalue weighted by Gasteiger charge is 2.13. The molecule has 2 amide bonds. The monoisotopic (exact) mass is 369 g/mol. The van der Waals surface area contributed by atoms with Crippen LogP contribution in [0.5, 0.6) is 5.75 Å². The summed E-state index contributed by atoms with van der Waals surface area (Å²) in [6.45, 7) is 5.37. The number of anilines is 1. The van der Waals surface area contributed by atoms with Crippen LogP contribution in [-0.2, 0) is 16.1 Å². The van der Waals surface area contributed by atoms with E-state index in [0.717, 1.165) is 16.9 Å². The van der Waals surface area contributed by atoms with E-state index in [2.05, 4.69) is 10.6 Å². The van der Waals surface area contributed by atoms with Crippen molar-refractivity contribution in [1.29, 1.82) is 0 Å². The van der Waals surface area contributed by atoms with Gasteiger partial charge in [-0.2, -0.15) is 0 Å². The maximum Gasteiger partial charge on any atom is 0.238 e. The minimum absolute atomic E-state index is 0.0997. The lowest BCUT2D eigenvalue weighted by atomic mass is 10.1. The number of ether oxygens (including phenoxy) is 1. The number of nitrogens with zero attached hydrogens (tertiary/aromatic N) is 1. The highest BCUT2D eigenvalue weighted by Crippen LogP contribution is 2.14. The van der Waals surface area contributed by atoms with Gasteiger partial charge in [0, 0.05) is 12.2 Å². The molecule has 0 aliphatic heterocycles. The van der Waals surface area contributed by atoms with E-state index >= 15 is 0 Å². The maximum absolute atomic E-state index is 12.2. The first-order chi connectivity index (χ1) is 13.0. The highest BCUT2D eigenvalue weighted by molar-refractivity contribution is 5.92. The van der Waals surface area contributed by atoms with Crippen LogP contribution >= 0.6 is 0 Å². The van der Waals surface area contributed by atoms with Crippen molar-refractivity contribution >= 4 is 17.5 Å². The molecular formula is C21H27N3O3. The zero-order chi connectivity index (χ0) is 19.6. The van der Waals surface area contributed by atoms with Gasteiger partial charge in [0.2, 0.25) is 11.8 Å². The molecule has 0 aliphatic rings. The Morgan fingerprint density at radius 1 is 1.00 bits per heavy atom.